The van der Waals surface area contributed by atoms with Crippen molar-refractivity contribution in [2.24, 2.45) is 11.5 Å². The molecular weight excluding hydrogens is 268 g/mol. The SMILES string of the molecule is Cc1cccc(C)c1C1C(C#N)=C(N)SC(N)=C1C#N. The summed E-state index contributed by atoms with van der Waals surface area (Å²) in [5, 5.41) is 19.5. The smallest absolute Gasteiger partial charge is 0.0985 e. The first-order chi connectivity index (χ1) is 9.51. The lowest BCUT2D eigenvalue weighted by Gasteiger charge is -2.26. The number of hydrogen-bond acceptors (Lipinski definition) is 5. The van der Waals surface area contributed by atoms with E-state index in [-0.39, 0.29) is 0 Å². The van der Waals surface area contributed by atoms with Gasteiger partial charge in [-0.2, -0.15) is 10.5 Å². The predicted octanol–water partition coefficient (Wildman–Crippen LogP) is 2.52. The Kier molecular flexibility index (Phi) is 3.74. The molecule has 100 valence electrons. The molecule has 0 unspecified atom stereocenters. The van der Waals surface area contributed by atoms with Gasteiger partial charge in [0.2, 0.25) is 0 Å². The summed E-state index contributed by atoms with van der Waals surface area (Å²) in [6.07, 6.45) is 0. The summed E-state index contributed by atoms with van der Waals surface area (Å²) in [6, 6.07) is 10.1. The molecule has 4 N–H and O–H groups in total. The first-order valence-corrected chi connectivity index (χ1v) is 6.86. The highest BCUT2D eigenvalue weighted by Crippen LogP contribution is 2.44. The van der Waals surface area contributed by atoms with Crippen molar-refractivity contribution in [2.45, 2.75) is 19.8 Å². The highest BCUT2D eigenvalue weighted by molar-refractivity contribution is 8.06. The topological polar surface area (TPSA) is 99.6 Å². The molecule has 0 radical (unpaired) electrons. The highest BCUT2D eigenvalue weighted by Gasteiger charge is 2.32. The highest BCUT2D eigenvalue weighted by atomic mass is 32.2. The van der Waals surface area contributed by atoms with Gasteiger partial charge in [0, 0.05) is 0 Å². The molecule has 1 aromatic rings. The van der Waals surface area contributed by atoms with Crippen molar-refractivity contribution < 1.29 is 0 Å². The predicted molar refractivity (Wildman–Crippen MR) is 79.9 cm³/mol. The van der Waals surface area contributed by atoms with Gasteiger partial charge in [0.05, 0.1) is 39.3 Å². The van der Waals surface area contributed by atoms with E-state index in [0.717, 1.165) is 28.5 Å². The van der Waals surface area contributed by atoms with E-state index in [1.807, 2.05) is 32.0 Å². The van der Waals surface area contributed by atoms with Crippen LogP contribution in [-0.4, -0.2) is 0 Å². The van der Waals surface area contributed by atoms with Crippen LogP contribution in [0.2, 0.25) is 0 Å². The Morgan fingerprint density at radius 2 is 1.45 bits per heavy atom. The van der Waals surface area contributed by atoms with Crippen molar-refractivity contribution in [3.63, 3.8) is 0 Å². The lowest BCUT2D eigenvalue weighted by Crippen LogP contribution is -2.19. The lowest BCUT2D eigenvalue weighted by atomic mass is 9.81. The zero-order valence-corrected chi connectivity index (χ0v) is 12.1. The Balaban J connectivity index is 2.77. The van der Waals surface area contributed by atoms with Crippen LogP contribution in [0.25, 0.3) is 0 Å². The van der Waals surface area contributed by atoms with Crippen LogP contribution in [0.4, 0.5) is 0 Å². The van der Waals surface area contributed by atoms with Gasteiger partial charge in [-0.3, -0.25) is 0 Å². The quantitative estimate of drug-likeness (QED) is 0.824. The van der Waals surface area contributed by atoms with Crippen molar-refractivity contribution in [1.29, 1.82) is 10.5 Å². The summed E-state index contributed by atoms with van der Waals surface area (Å²) in [5.41, 5.74) is 15.6. The van der Waals surface area contributed by atoms with Crippen molar-refractivity contribution in [1.82, 2.24) is 0 Å². The number of nitriles is 2. The molecule has 0 aromatic heterocycles. The van der Waals surface area contributed by atoms with Crippen LogP contribution in [0.3, 0.4) is 0 Å². The van der Waals surface area contributed by atoms with E-state index in [4.69, 9.17) is 11.5 Å². The maximum atomic E-state index is 9.40. The van der Waals surface area contributed by atoms with Gasteiger partial charge in [0.25, 0.3) is 0 Å². The first-order valence-electron chi connectivity index (χ1n) is 6.04. The Hall–Kier alpha value is -2.37. The van der Waals surface area contributed by atoms with Crippen LogP contribution in [0, 0.1) is 36.5 Å². The van der Waals surface area contributed by atoms with E-state index >= 15 is 0 Å². The minimum absolute atomic E-state index is 0.372. The normalized spacial score (nSPS) is 16.0. The number of nitrogens with two attached hydrogens (primary N) is 2. The van der Waals surface area contributed by atoms with Gasteiger partial charge in [-0.1, -0.05) is 30.0 Å². The zero-order chi connectivity index (χ0) is 14.9. The Morgan fingerprint density at radius 3 is 1.85 bits per heavy atom. The fourth-order valence-corrected chi connectivity index (χ4v) is 3.25. The van der Waals surface area contributed by atoms with Crippen LogP contribution < -0.4 is 11.5 Å². The number of thioether (sulfide) groups is 1. The maximum Gasteiger partial charge on any atom is 0.0985 e. The molecule has 20 heavy (non-hydrogen) atoms. The van der Waals surface area contributed by atoms with Crippen LogP contribution in [0.15, 0.2) is 39.4 Å². The largest absolute Gasteiger partial charge is 0.392 e. The van der Waals surface area contributed by atoms with Gasteiger partial charge >= 0.3 is 0 Å². The van der Waals surface area contributed by atoms with Crippen molar-refractivity contribution in [3.8, 4) is 12.1 Å². The lowest BCUT2D eigenvalue weighted by molar-refractivity contribution is 0.931. The third-order valence-electron chi connectivity index (χ3n) is 3.40. The molecule has 1 aromatic carbocycles. The molecule has 4 nitrogen and oxygen atoms in total. The molecule has 0 bridgehead atoms. The number of rotatable bonds is 1. The van der Waals surface area contributed by atoms with Gasteiger partial charge in [-0.25, -0.2) is 0 Å². The number of nitrogens with zero attached hydrogens (tertiary/aromatic N) is 2. The molecule has 0 atom stereocenters. The second kappa shape index (κ2) is 5.32. The van der Waals surface area contributed by atoms with Crippen LogP contribution in [0.1, 0.15) is 22.6 Å². The molecule has 0 aliphatic carbocycles. The number of benzene rings is 1. The molecule has 0 saturated carbocycles. The summed E-state index contributed by atoms with van der Waals surface area (Å²) < 4.78 is 0. The fourth-order valence-electron chi connectivity index (χ4n) is 2.47. The second-order valence-corrected chi connectivity index (χ2v) is 5.70. The molecule has 1 heterocycles. The summed E-state index contributed by atoms with van der Waals surface area (Å²) in [6.45, 7) is 3.92. The minimum Gasteiger partial charge on any atom is -0.392 e. The van der Waals surface area contributed by atoms with Gasteiger partial charge in [0.15, 0.2) is 0 Å². The molecule has 0 spiro atoms. The van der Waals surface area contributed by atoms with E-state index < -0.39 is 5.92 Å². The van der Waals surface area contributed by atoms with E-state index in [1.54, 1.807) is 0 Å². The third-order valence-corrected chi connectivity index (χ3v) is 4.28. The second-order valence-electron chi connectivity index (χ2n) is 4.62. The molecule has 0 fully saturated rings. The molecule has 1 aliphatic heterocycles. The standard InChI is InChI=1S/C15H14N4S/c1-8-4-3-5-9(2)12(8)13-10(6-16)14(18)20-15(19)11(13)7-17/h3-5,13H,18-19H2,1-2H3. The van der Waals surface area contributed by atoms with Crippen molar-refractivity contribution in [3.05, 3.63) is 56.1 Å². The van der Waals surface area contributed by atoms with Gasteiger partial charge in [-0.15, -0.1) is 0 Å². The Bertz CT molecular complexity index is 660. The van der Waals surface area contributed by atoms with E-state index in [9.17, 15) is 10.5 Å². The zero-order valence-electron chi connectivity index (χ0n) is 11.3. The monoisotopic (exact) mass is 282 g/mol. The summed E-state index contributed by atoms with van der Waals surface area (Å²) in [7, 11) is 0. The molecule has 0 amide bonds. The van der Waals surface area contributed by atoms with E-state index in [0.29, 0.717) is 21.2 Å². The number of hydrogen-bond donors (Lipinski definition) is 2. The average molecular weight is 282 g/mol. The van der Waals surface area contributed by atoms with Crippen LogP contribution >= 0.6 is 11.8 Å². The fraction of sp³-hybridized carbons (Fsp3) is 0.200. The summed E-state index contributed by atoms with van der Waals surface area (Å²) in [4.78, 5) is 0. The molecule has 1 aliphatic rings. The van der Waals surface area contributed by atoms with Gasteiger partial charge in [-0.05, 0) is 30.5 Å². The molecule has 0 saturated heterocycles. The number of aryl methyl sites for hydroxylation is 2. The van der Waals surface area contributed by atoms with Crippen molar-refractivity contribution in [2.75, 3.05) is 0 Å². The van der Waals surface area contributed by atoms with E-state index in [2.05, 4.69) is 12.1 Å². The van der Waals surface area contributed by atoms with E-state index in [1.165, 1.54) is 0 Å². The summed E-state index contributed by atoms with van der Waals surface area (Å²) >= 11 is 1.09. The van der Waals surface area contributed by atoms with Crippen molar-refractivity contribution >= 4 is 11.8 Å². The maximum absolute atomic E-state index is 9.40. The molecule has 2 rings (SSSR count). The summed E-state index contributed by atoms with van der Waals surface area (Å²) in [5.74, 6) is -0.465. The first kappa shape index (κ1) is 14.0. The Labute approximate surface area is 122 Å². The van der Waals surface area contributed by atoms with Gasteiger partial charge in [0.1, 0.15) is 0 Å². The molecular formula is C15H14N4S. The number of allylic oxidation sites excluding steroid dienone is 2. The van der Waals surface area contributed by atoms with Crippen LogP contribution in [-0.2, 0) is 0 Å². The minimum atomic E-state index is -0.465. The van der Waals surface area contributed by atoms with Crippen LogP contribution in [0.5, 0.6) is 0 Å². The third kappa shape index (κ3) is 2.13. The Morgan fingerprint density at radius 1 is 1.00 bits per heavy atom. The molecule has 5 heteroatoms. The van der Waals surface area contributed by atoms with Gasteiger partial charge < -0.3 is 11.5 Å². The average Bonchev–Trinajstić information content (AvgIpc) is 2.38.